The van der Waals surface area contributed by atoms with Crippen LogP contribution >= 0.6 is 0 Å². The van der Waals surface area contributed by atoms with Crippen molar-refractivity contribution in [2.75, 3.05) is 11.9 Å². The average Bonchev–Trinajstić information content (AvgIpc) is 2.43. The van der Waals surface area contributed by atoms with E-state index >= 15 is 0 Å². The Kier molecular flexibility index (Phi) is 6.84. The van der Waals surface area contributed by atoms with Crippen molar-refractivity contribution in [1.82, 2.24) is 5.32 Å². The molecule has 0 spiro atoms. The van der Waals surface area contributed by atoms with Crippen molar-refractivity contribution >= 4 is 17.6 Å². The van der Waals surface area contributed by atoms with Crippen LogP contribution in [-0.4, -0.2) is 34.7 Å². The molecule has 1 aromatic carbocycles. The highest BCUT2D eigenvalue weighted by Crippen LogP contribution is 2.18. The second-order valence-corrected chi connectivity index (χ2v) is 4.86. The largest absolute Gasteiger partial charge is 0.480 e. The summed E-state index contributed by atoms with van der Waals surface area (Å²) in [5.41, 5.74) is 1.41. The van der Waals surface area contributed by atoms with Crippen LogP contribution in [0.25, 0.3) is 0 Å². The average molecular weight is 294 g/mol. The standard InChI is InChI=1S/C15H22N2O4/c1-3-13(15(20)21)16-9-8-14(19)11-4-6-12(7-5-11)17-10(2)18/h4-7,13-14,16,19H,3,8-9H2,1-2H3,(H,17,18)(H,20,21). The molecule has 2 unspecified atom stereocenters. The first-order valence-electron chi connectivity index (χ1n) is 6.95. The lowest BCUT2D eigenvalue weighted by Crippen LogP contribution is -2.37. The van der Waals surface area contributed by atoms with Crippen molar-refractivity contribution in [3.05, 3.63) is 29.8 Å². The summed E-state index contributed by atoms with van der Waals surface area (Å²) in [5.74, 6) is -1.03. The summed E-state index contributed by atoms with van der Waals surface area (Å²) in [6, 6.07) is 6.34. The Bertz CT molecular complexity index is 473. The van der Waals surface area contributed by atoms with E-state index in [2.05, 4.69) is 10.6 Å². The van der Waals surface area contributed by atoms with Crippen LogP contribution < -0.4 is 10.6 Å². The van der Waals surface area contributed by atoms with E-state index in [-0.39, 0.29) is 5.91 Å². The molecule has 0 aromatic heterocycles. The Labute approximate surface area is 124 Å². The number of rotatable bonds is 8. The number of hydrogen-bond acceptors (Lipinski definition) is 4. The van der Waals surface area contributed by atoms with Crippen molar-refractivity contribution in [1.29, 1.82) is 0 Å². The Morgan fingerprint density at radius 1 is 1.24 bits per heavy atom. The van der Waals surface area contributed by atoms with Gasteiger partial charge in [-0.1, -0.05) is 19.1 Å². The highest BCUT2D eigenvalue weighted by Gasteiger charge is 2.14. The van der Waals surface area contributed by atoms with Crippen LogP contribution in [-0.2, 0) is 9.59 Å². The molecule has 0 aliphatic heterocycles. The van der Waals surface area contributed by atoms with Crippen molar-refractivity contribution < 1.29 is 19.8 Å². The molecule has 21 heavy (non-hydrogen) atoms. The van der Waals surface area contributed by atoms with Crippen molar-refractivity contribution in [2.24, 2.45) is 0 Å². The van der Waals surface area contributed by atoms with Gasteiger partial charge < -0.3 is 20.8 Å². The van der Waals surface area contributed by atoms with Gasteiger partial charge in [-0.15, -0.1) is 0 Å². The van der Waals surface area contributed by atoms with Crippen LogP contribution in [0, 0.1) is 0 Å². The molecule has 4 N–H and O–H groups in total. The normalized spacial score (nSPS) is 13.5. The van der Waals surface area contributed by atoms with Gasteiger partial charge >= 0.3 is 5.97 Å². The van der Waals surface area contributed by atoms with Gasteiger partial charge in [-0.3, -0.25) is 9.59 Å². The lowest BCUT2D eigenvalue weighted by molar-refractivity contribution is -0.139. The van der Waals surface area contributed by atoms with Crippen LogP contribution in [0.3, 0.4) is 0 Å². The van der Waals surface area contributed by atoms with E-state index in [1.54, 1.807) is 31.2 Å². The Morgan fingerprint density at radius 3 is 2.33 bits per heavy atom. The molecule has 6 heteroatoms. The summed E-state index contributed by atoms with van der Waals surface area (Å²) >= 11 is 0. The number of amides is 1. The molecule has 0 bridgehead atoms. The lowest BCUT2D eigenvalue weighted by atomic mass is 10.1. The number of aliphatic carboxylic acids is 1. The Balaban J connectivity index is 2.46. The van der Waals surface area contributed by atoms with Crippen molar-refractivity contribution in [3.63, 3.8) is 0 Å². The predicted octanol–water partition coefficient (Wildman–Crippen LogP) is 1.52. The number of carbonyl (C=O) groups excluding carboxylic acids is 1. The van der Waals surface area contributed by atoms with Crippen LogP contribution in [0.2, 0.25) is 0 Å². The monoisotopic (exact) mass is 294 g/mol. The van der Waals surface area contributed by atoms with Gasteiger partial charge in [0.05, 0.1) is 6.10 Å². The fourth-order valence-electron chi connectivity index (χ4n) is 1.96. The second-order valence-electron chi connectivity index (χ2n) is 4.86. The van der Waals surface area contributed by atoms with E-state index in [9.17, 15) is 14.7 Å². The van der Waals surface area contributed by atoms with Gasteiger partial charge in [0.15, 0.2) is 0 Å². The third-order valence-corrected chi connectivity index (χ3v) is 3.13. The van der Waals surface area contributed by atoms with Crippen molar-refractivity contribution in [3.8, 4) is 0 Å². The molecule has 0 saturated heterocycles. The predicted molar refractivity (Wildman–Crippen MR) is 80.0 cm³/mol. The van der Waals surface area contributed by atoms with Crippen LogP contribution in [0.15, 0.2) is 24.3 Å². The van der Waals surface area contributed by atoms with E-state index in [0.29, 0.717) is 25.1 Å². The van der Waals surface area contributed by atoms with E-state index in [0.717, 1.165) is 5.56 Å². The molecule has 0 saturated carbocycles. The molecule has 0 aliphatic rings. The summed E-state index contributed by atoms with van der Waals surface area (Å²) in [6.45, 7) is 3.64. The number of anilines is 1. The van der Waals surface area contributed by atoms with Gasteiger partial charge in [-0.25, -0.2) is 0 Å². The lowest BCUT2D eigenvalue weighted by Gasteiger charge is -2.15. The topological polar surface area (TPSA) is 98.7 Å². The minimum Gasteiger partial charge on any atom is -0.480 e. The minimum atomic E-state index is -0.883. The quantitative estimate of drug-likeness (QED) is 0.582. The van der Waals surface area contributed by atoms with Gasteiger partial charge in [0.2, 0.25) is 5.91 Å². The summed E-state index contributed by atoms with van der Waals surface area (Å²) in [4.78, 5) is 21.7. The highest BCUT2D eigenvalue weighted by atomic mass is 16.4. The van der Waals surface area contributed by atoms with Crippen molar-refractivity contribution in [2.45, 2.75) is 38.8 Å². The molecule has 1 aromatic rings. The number of nitrogens with one attached hydrogen (secondary N) is 2. The Morgan fingerprint density at radius 2 is 1.86 bits per heavy atom. The van der Waals surface area contributed by atoms with Gasteiger partial charge in [-0.2, -0.15) is 0 Å². The van der Waals surface area contributed by atoms with Gasteiger partial charge in [-0.05, 0) is 37.1 Å². The first-order chi connectivity index (χ1) is 9.93. The summed E-state index contributed by atoms with van der Waals surface area (Å²) in [7, 11) is 0. The summed E-state index contributed by atoms with van der Waals surface area (Å²) < 4.78 is 0. The maximum Gasteiger partial charge on any atom is 0.320 e. The fraction of sp³-hybridized carbons (Fsp3) is 0.467. The smallest absolute Gasteiger partial charge is 0.320 e. The molecule has 0 radical (unpaired) electrons. The third-order valence-electron chi connectivity index (χ3n) is 3.13. The first-order valence-corrected chi connectivity index (χ1v) is 6.95. The highest BCUT2D eigenvalue weighted by molar-refractivity contribution is 5.88. The third kappa shape index (κ3) is 5.93. The zero-order valence-corrected chi connectivity index (χ0v) is 12.3. The number of aliphatic hydroxyl groups excluding tert-OH is 1. The molecule has 116 valence electrons. The fourth-order valence-corrected chi connectivity index (χ4v) is 1.96. The number of carbonyl (C=O) groups is 2. The molecule has 6 nitrogen and oxygen atoms in total. The first kappa shape index (κ1) is 17.1. The van der Waals surface area contributed by atoms with Crippen LogP contribution in [0.4, 0.5) is 5.69 Å². The van der Waals surface area contributed by atoms with E-state index in [4.69, 9.17) is 5.11 Å². The van der Waals surface area contributed by atoms with Gasteiger partial charge in [0, 0.05) is 12.6 Å². The number of carboxylic acid groups (broad SMARTS) is 1. The molecular weight excluding hydrogens is 272 g/mol. The van der Waals surface area contributed by atoms with E-state index < -0.39 is 18.1 Å². The Hall–Kier alpha value is -1.92. The molecule has 2 atom stereocenters. The maximum absolute atomic E-state index is 10.9. The maximum atomic E-state index is 10.9. The number of carboxylic acids is 1. The van der Waals surface area contributed by atoms with E-state index in [1.807, 2.05) is 0 Å². The molecule has 0 fully saturated rings. The summed E-state index contributed by atoms with van der Waals surface area (Å²) in [5, 5.41) is 24.5. The van der Waals surface area contributed by atoms with Crippen LogP contribution in [0.5, 0.6) is 0 Å². The van der Waals surface area contributed by atoms with Gasteiger partial charge in [0.25, 0.3) is 0 Å². The molecule has 0 aliphatic carbocycles. The summed E-state index contributed by atoms with van der Waals surface area (Å²) in [6.07, 6.45) is 0.246. The number of aliphatic hydroxyl groups is 1. The zero-order valence-electron chi connectivity index (χ0n) is 12.3. The number of hydrogen-bond donors (Lipinski definition) is 4. The number of benzene rings is 1. The molecular formula is C15H22N2O4. The van der Waals surface area contributed by atoms with Gasteiger partial charge in [0.1, 0.15) is 6.04 Å². The molecule has 1 amide bonds. The minimum absolute atomic E-state index is 0.147. The molecule has 1 rings (SSSR count). The zero-order chi connectivity index (χ0) is 15.8. The SMILES string of the molecule is CCC(NCCC(O)c1ccc(NC(C)=O)cc1)C(=O)O. The molecule has 0 heterocycles. The second kappa shape index (κ2) is 8.39. The van der Waals surface area contributed by atoms with E-state index in [1.165, 1.54) is 6.92 Å². The van der Waals surface area contributed by atoms with Crippen LogP contribution in [0.1, 0.15) is 38.4 Å².